The van der Waals surface area contributed by atoms with Gasteiger partial charge in [-0.3, -0.25) is 0 Å². The van der Waals surface area contributed by atoms with E-state index in [1.54, 1.807) is 0 Å². The monoisotopic (exact) mass is 197 g/mol. The summed E-state index contributed by atoms with van der Waals surface area (Å²) in [5.74, 6) is 2.09. The Balaban J connectivity index is 2.42. The zero-order chi connectivity index (χ0) is 10.4. The van der Waals surface area contributed by atoms with Crippen LogP contribution in [0.4, 0.5) is 0 Å². The lowest BCUT2D eigenvalue weighted by Gasteiger charge is -2.04. The first-order valence-corrected chi connectivity index (χ1v) is 5.27. The van der Waals surface area contributed by atoms with Gasteiger partial charge in [0.1, 0.15) is 0 Å². The van der Waals surface area contributed by atoms with Gasteiger partial charge in [-0.25, -0.2) is 0 Å². The van der Waals surface area contributed by atoms with Crippen LogP contribution in [0.3, 0.4) is 0 Å². The van der Waals surface area contributed by atoms with Crippen LogP contribution in [-0.4, -0.2) is 16.7 Å². The Morgan fingerprint density at radius 2 is 2.29 bits per heavy atom. The molecule has 1 rings (SSSR count). The lowest BCUT2D eigenvalue weighted by Crippen LogP contribution is -2.08. The van der Waals surface area contributed by atoms with E-state index in [1.165, 1.54) is 0 Å². The first kappa shape index (κ1) is 11.2. The maximum absolute atomic E-state index is 5.47. The van der Waals surface area contributed by atoms with E-state index < -0.39 is 0 Å². The Morgan fingerprint density at radius 3 is 2.93 bits per heavy atom. The minimum Gasteiger partial charge on any atom is -0.339 e. The van der Waals surface area contributed by atoms with Crippen LogP contribution < -0.4 is 5.73 Å². The standard InChI is InChI=1S/C10H19N3O/c1-3-4-9-12-10(14-13-9)7-8(2)5-6-11/h8H,3-7,11H2,1-2H3. The highest BCUT2D eigenvalue weighted by molar-refractivity contribution is 4.87. The normalized spacial score (nSPS) is 13.1. The Labute approximate surface area is 84.9 Å². The molecule has 0 bridgehead atoms. The Hall–Kier alpha value is -0.900. The summed E-state index contributed by atoms with van der Waals surface area (Å²) in [5.41, 5.74) is 5.47. The van der Waals surface area contributed by atoms with Gasteiger partial charge in [0.15, 0.2) is 5.82 Å². The number of hydrogen-bond donors (Lipinski definition) is 1. The van der Waals surface area contributed by atoms with Crippen LogP contribution in [0, 0.1) is 5.92 Å². The first-order chi connectivity index (χ1) is 6.76. The number of rotatable bonds is 6. The van der Waals surface area contributed by atoms with Crippen LogP contribution in [0.2, 0.25) is 0 Å². The van der Waals surface area contributed by atoms with Crippen molar-refractivity contribution in [2.24, 2.45) is 11.7 Å². The van der Waals surface area contributed by atoms with E-state index in [-0.39, 0.29) is 0 Å². The summed E-state index contributed by atoms with van der Waals surface area (Å²) in [6.45, 7) is 4.97. The predicted octanol–water partition coefficient (Wildman–Crippen LogP) is 1.55. The third-order valence-electron chi connectivity index (χ3n) is 2.17. The number of hydrogen-bond acceptors (Lipinski definition) is 4. The van der Waals surface area contributed by atoms with Crippen molar-refractivity contribution in [1.29, 1.82) is 0 Å². The molecule has 0 saturated heterocycles. The van der Waals surface area contributed by atoms with Crippen molar-refractivity contribution in [3.05, 3.63) is 11.7 Å². The molecule has 1 aromatic rings. The number of nitrogens with two attached hydrogens (primary N) is 1. The summed E-state index contributed by atoms with van der Waals surface area (Å²) in [6.07, 6.45) is 3.80. The van der Waals surface area contributed by atoms with Gasteiger partial charge in [0.25, 0.3) is 0 Å². The van der Waals surface area contributed by atoms with Crippen molar-refractivity contribution < 1.29 is 4.52 Å². The van der Waals surface area contributed by atoms with Gasteiger partial charge >= 0.3 is 0 Å². The molecule has 0 amide bonds. The Morgan fingerprint density at radius 1 is 1.50 bits per heavy atom. The molecule has 80 valence electrons. The number of aryl methyl sites for hydroxylation is 1. The molecule has 0 aliphatic carbocycles. The summed E-state index contributed by atoms with van der Waals surface area (Å²) < 4.78 is 5.13. The SMILES string of the molecule is CCCc1noc(CC(C)CCN)n1. The van der Waals surface area contributed by atoms with Gasteiger partial charge in [-0.2, -0.15) is 4.98 Å². The molecule has 14 heavy (non-hydrogen) atoms. The molecule has 0 fully saturated rings. The minimum absolute atomic E-state index is 0.523. The van der Waals surface area contributed by atoms with Crippen molar-refractivity contribution >= 4 is 0 Å². The molecular formula is C10H19N3O. The summed E-state index contributed by atoms with van der Waals surface area (Å²) in [7, 11) is 0. The van der Waals surface area contributed by atoms with E-state index in [0.29, 0.717) is 5.92 Å². The molecule has 1 unspecified atom stereocenters. The lowest BCUT2D eigenvalue weighted by molar-refractivity contribution is 0.350. The van der Waals surface area contributed by atoms with Crippen molar-refractivity contribution in [2.75, 3.05) is 6.54 Å². The molecule has 1 aromatic heterocycles. The molecule has 1 heterocycles. The van der Waals surface area contributed by atoms with Gasteiger partial charge < -0.3 is 10.3 Å². The Kier molecular flexibility index (Phi) is 4.59. The second-order valence-electron chi connectivity index (χ2n) is 3.74. The fourth-order valence-corrected chi connectivity index (χ4v) is 1.38. The largest absolute Gasteiger partial charge is 0.339 e. The topological polar surface area (TPSA) is 64.9 Å². The van der Waals surface area contributed by atoms with Gasteiger partial charge in [0.2, 0.25) is 5.89 Å². The molecule has 0 aliphatic heterocycles. The Bertz CT molecular complexity index is 260. The van der Waals surface area contributed by atoms with Gasteiger partial charge in [-0.1, -0.05) is 19.0 Å². The van der Waals surface area contributed by atoms with Gasteiger partial charge in [0.05, 0.1) is 0 Å². The van der Waals surface area contributed by atoms with Gasteiger partial charge in [0, 0.05) is 12.8 Å². The fraction of sp³-hybridized carbons (Fsp3) is 0.800. The highest BCUT2D eigenvalue weighted by Gasteiger charge is 2.09. The molecule has 0 aromatic carbocycles. The third kappa shape index (κ3) is 3.46. The van der Waals surface area contributed by atoms with Crippen molar-refractivity contribution in [1.82, 2.24) is 10.1 Å². The lowest BCUT2D eigenvalue weighted by atomic mass is 10.0. The smallest absolute Gasteiger partial charge is 0.226 e. The van der Waals surface area contributed by atoms with Gasteiger partial charge in [-0.05, 0) is 25.3 Å². The van der Waals surface area contributed by atoms with E-state index >= 15 is 0 Å². The second-order valence-corrected chi connectivity index (χ2v) is 3.74. The molecule has 1 atom stereocenters. The van der Waals surface area contributed by atoms with Crippen molar-refractivity contribution in [3.63, 3.8) is 0 Å². The summed E-state index contributed by atoms with van der Waals surface area (Å²) in [6, 6.07) is 0. The molecule has 0 aliphatic rings. The van der Waals surface area contributed by atoms with Crippen LogP contribution in [0.1, 0.15) is 38.4 Å². The van der Waals surface area contributed by atoms with E-state index in [9.17, 15) is 0 Å². The zero-order valence-electron chi connectivity index (χ0n) is 8.99. The van der Waals surface area contributed by atoms with Gasteiger partial charge in [-0.15, -0.1) is 0 Å². The fourth-order valence-electron chi connectivity index (χ4n) is 1.38. The van der Waals surface area contributed by atoms with E-state index in [2.05, 4.69) is 24.0 Å². The molecule has 2 N–H and O–H groups in total. The molecule has 0 radical (unpaired) electrons. The maximum atomic E-state index is 5.47. The van der Waals surface area contributed by atoms with E-state index in [0.717, 1.165) is 43.9 Å². The number of nitrogens with zero attached hydrogens (tertiary/aromatic N) is 2. The zero-order valence-corrected chi connectivity index (χ0v) is 8.99. The summed E-state index contributed by atoms with van der Waals surface area (Å²) in [5, 5.41) is 3.90. The third-order valence-corrected chi connectivity index (χ3v) is 2.17. The molecular weight excluding hydrogens is 178 g/mol. The quantitative estimate of drug-likeness (QED) is 0.751. The first-order valence-electron chi connectivity index (χ1n) is 5.27. The van der Waals surface area contributed by atoms with Crippen molar-refractivity contribution in [2.45, 2.75) is 39.5 Å². The highest BCUT2D eigenvalue weighted by Crippen LogP contribution is 2.09. The van der Waals surface area contributed by atoms with Crippen LogP contribution in [0.5, 0.6) is 0 Å². The summed E-state index contributed by atoms with van der Waals surface area (Å²) >= 11 is 0. The van der Waals surface area contributed by atoms with Crippen LogP contribution in [0.25, 0.3) is 0 Å². The van der Waals surface area contributed by atoms with E-state index in [1.807, 2.05) is 0 Å². The van der Waals surface area contributed by atoms with E-state index in [4.69, 9.17) is 10.3 Å². The number of aromatic nitrogens is 2. The van der Waals surface area contributed by atoms with Crippen LogP contribution in [-0.2, 0) is 12.8 Å². The summed E-state index contributed by atoms with van der Waals surface area (Å²) in [4.78, 5) is 4.30. The molecule has 4 heteroatoms. The highest BCUT2D eigenvalue weighted by atomic mass is 16.5. The maximum Gasteiger partial charge on any atom is 0.226 e. The minimum atomic E-state index is 0.523. The molecule has 0 saturated carbocycles. The van der Waals surface area contributed by atoms with Crippen LogP contribution in [0.15, 0.2) is 4.52 Å². The van der Waals surface area contributed by atoms with Crippen molar-refractivity contribution in [3.8, 4) is 0 Å². The second kappa shape index (κ2) is 5.75. The molecule has 4 nitrogen and oxygen atoms in total. The predicted molar refractivity (Wildman–Crippen MR) is 54.8 cm³/mol. The average Bonchev–Trinajstić information content (AvgIpc) is 2.53. The van der Waals surface area contributed by atoms with Crippen LogP contribution >= 0.6 is 0 Å². The average molecular weight is 197 g/mol. The molecule has 0 spiro atoms.